The Kier molecular flexibility index (Phi) is 5.63. The summed E-state index contributed by atoms with van der Waals surface area (Å²) in [5, 5.41) is 4.04. The number of thioether (sulfide) groups is 1. The van der Waals surface area contributed by atoms with Crippen molar-refractivity contribution < 1.29 is 9.21 Å². The highest BCUT2D eigenvalue weighted by Crippen LogP contribution is 2.11. The van der Waals surface area contributed by atoms with Crippen LogP contribution in [0.4, 0.5) is 0 Å². The second-order valence-corrected chi connectivity index (χ2v) is 5.61. The number of aryl methyl sites for hydroxylation is 1. The Labute approximate surface area is 128 Å². The molecule has 0 aliphatic heterocycles. The minimum Gasteiger partial charge on any atom is -0.460 e. The monoisotopic (exact) mass is 302 g/mol. The first-order valence-corrected chi connectivity index (χ1v) is 7.82. The summed E-state index contributed by atoms with van der Waals surface area (Å²) in [6, 6.07) is 13.8. The third kappa shape index (κ3) is 5.11. The standard InChI is InChI=1S/C16H18N2O2S/c1-12-8-9-15(20-12)13(2)17-18-16(19)11-21-10-14-6-4-3-5-7-14/h3-9H,10-11H2,1-2H3,(H,18,19). The minimum absolute atomic E-state index is 0.112. The molecule has 1 amide bonds. The van der Waals surface area contributed by atoms with Gasteiger partial charge in [-0.15, -0.1) is 11.8 Å². The summed E-state index contributed by atoms with van der Waals surface area (Å²) in [6.07, 6.45) is 0. The summed E-state index contributed by atoms with van der Waals surface area (Å²) < 4.78 is 5.43. The van der Waals surface area contributed by atoms with E-state index in [1.807, 2.05) is 49.4 Å². The van der Waals surface area contributed by atoms with Gasteiger partial charge in [0.25, 0.3) is 0 Å². The number of furan rings is 1. The van der Waals surface area contributed by atoms with Crippen LogP contribution in [0.15, 0.2) is 52.0 Å². The Bertz CT molecular complexity index is 620. The van der Waals surface area contributed by atoms with Gasteiger partial charge in [0.1, 0.15) is 17.2 Å². The molecule has 0 bridgehead atoms. The van der Waals surface area contributed by atoms with E-state index >= 15 is 0 Å². The normalized spacial score (nSPS) is 11.4. The van der Waals surface area contributed by atoms with E-state index in [9.17, 15) is 4.79 Å². The van der Waals surface area contributed by atoms with Crippen LogP contribution in [-0.4, -0.2) is 17.4 Å². The van der Waals surface area contributed by atoms with Crippen molar-refractivity contribution in [3.8, 4) is 0 Å². The van der Waals surface area contributed by atoms with Gasteiger partial charge in [0.15, 0.2) is 0 Å². The highest BCUT2D eigenvalue weighted by molar-refractivity contribution is 7.99. The topological polar surface area (TPSA) is 54.6 Å². The van der Waals surface area contributed by atoms with Gasteiger partial charge in [0.2, 0.25) is 5.91 Å². The van der Waals surface area contributed by atoms with Crippen LogP contribution in [0, 0.1) is 6.92 Å². The second kappa shape index (κ2) is 7.69. The van der Waals surface area contributed by atoms with E-state index in [1.54, 1.807) is 18.7 Å². The van der Waals surface area contributed by atoms with Crippen LogP contribution in [0.1, 0.15) is 24.0 Å². The third-order valence-corrected chi connectivity index (χ3v) is 3.79. The molecule has 5 heteroatoms. The van der Waals surface area contributed by atoms with Gasteiger partial charge in [-0.3, -0.25) is 4.79 Å². The summed E-state index contributed by atoms with van der Waals surface area (Å²) in [5.74, 6) is 2.57. The Balaban J connectivity index is 1.74. The third-order valence-electron chi connectivity index (χ3n) is 2.79. The van der Waals surface area contributed by atoms with Crippen molar-refractivity contribution in [3.05, 3.63) is 59.5 Å². The smallest absolute Gasteiger partial charge is 0.250 e. The SMILES string of the molecule is CC(=NNC(=O)CSCc1ccccc1)c1ccc(C)o1. The van der Waals surface area contributed by atoms with Crippen molar-refractivity contribution in [2.24, 2.45) is 5.10 Å². The van der Waals surface area contributed by atoms with Crippen molar-refractivity contribution in [2.45, 2.75) is 19.6 Å². The number of carbonyl (C=O) groups excluding carboxylic acids is 1. The molecule has 2 aromatic rings. The first kappa shape index (κ1) is 15.4. The van der Waals surface area contributed by atoms with Gasteiger partial charge in [-0.2, -0.15) is 5.10 Å². The Morgan fingerprint density at radius 2 is 2.00 bits per heavy atom. The number of hydrogen-bond donors (Lipinski definition) is 1. The Hall–Kier alpha value is -2.01. The van der Waals surface area contributed by atoms with Crippen molar-refractivity contribution in [1.82, 2.24) is 5.43 Å². The molecular weight excluding hydrogens is 284 g/mol. The van der Waals surface area contributed by atoms with Crippen molar-refractivity contribution in [1.29, 1.82) is 0 Å². The van der Waals surface area contributed by atoms with Crippen LogP contribution in [0.25, 0.3) is 0 Å². The van der Waals surface area contributed by atoms with E-state index in [1.165, 1.54) is 5.56 Å². The zero-order valence-corrected chi connectivity index (χ0v) is 12.9. The number of carbonyl (C=O) groups is 1. The number of benzene rings is 1. The summed E-state index contributed by atoms with van der Waals surface area (Å²) >= 11 is 1.56. The Morgan fingerprint density at radius 3 is 2.67 bits per heavy atom. The maximum absolute atomic E-state index is 11.7. The van der Waals surface area contributed by atoms with Crippen LogP contribution in [0.5, 0.6) is 0 Å². The lowest BCUT2D eigenvalue weighted by Crippen LogP contribution is -2.21. The Morgan fingerprint density at radius 1 is 1.24 bits per heavy atom. The van der Waals surface area contributed by atoms with E-state index in [0.29, 0.717) is 17.2 Å². The quantitative estimate of drug-likeness (QED) is 0.657. The maximum atomic E-state index is 11.7. The van der Waals surface area contributed by atoms with Gasteiger partial charge in [0, 0.05) is 5.75 Å². The van der Waals surface area contributed by atoms with Gasteiger partial charge in [0.05, 0.1) is 5.75 Å². The molecule has 0 aliphatic rings. The van der Waals surface area contributed by atoms with E-state index < -0.39 is 0 Å². The number of rotatable bonds is 6. The summed E-state index contributed by atoms with van der Waals surface area (Å²) in [6.45, 7) is 3.67. The van der Waals surface area contributed by atoms with Gasteiger partial charge in [-0.1, -0.05) is 30.3 Å². The van der Waals surface area contributed by atoms with Crippen LogP contribution in [0.3, 0.4) is 0 Å². The van der Waals surface area contributed by atoms with E-state index in [2.05, 4.69) is 10.5 Å². The molecule has 0 saturated carbocycles. The van der Waals surface area contributed by atoms with Crippen LogP contribution < -0.4 is 5.43 Å². The highest BCUT2D eigenvalue weighted by atomic mass is 32.2. The van der Waals surface area contributed by atoms with Crippen molar-refractivity contribution in [2.75, 3.05) is 5.75 Å². The molecule has 1 heterocycles. The molecule has 0 aliphatic carbocycles. The molecule has 4 nitrogen and oxygen atoms in total. The molecule has 1 aromatic carbocycles. The average Bonchev–Trinajstić information content (AvgIpc) is 2.92. The van der Waals surface area contributed by atoms with Gasteiger partial charge in [-0.25, -0.2) is 5.43 Å². The molecule has 0 spiro atoms. The summed E-state index contributed by atoms with van der Waals surface area (Å²) in [7, 11) is 0. The molecule has 2 rings (SSSR count). The second-order valence-electron chi connectivity index (χ2n) is 4.62. The molecule has 0 radical (unpaired) electrons. The van der Waals surface area contributed by atoms with Gasteiger partial charge < -0.3 is 4.42 Å². The number of nitrogens with one attached hydrogen (secondary N) is 1. The molecule has 21 heavy (non-hydrogen) atoms. The number of hydrogen-bond acceptors (Lipinski definition) is 4. The zero-order valence-electron chi connectivity index (χ0n) is 12.1. The molecule has 1 aromatic heterocycles. The van der Waals surface area contributed by atoms with Crippen LogP contribution in [-0.2, 0) is 10.5 Å². The highest BCUT2D eigenvalue weighted by Gasteiger charge is 2.04. The minimum atomic E-state index is -0.112. The first-order chi connectivity index (χ1) is 10.1. The van der Waals surface area contributed by atoms with E-state index in [-0.39, 0.29) is 5.91 Å². The number of amides is 1. The summed E-state index contributed by atoms with van der Waals surface area (Å²) in [4.78, 5) is 11.7. The molecule has 110 valence electrons. The fourth-order valence-electron chi connectivity index (χ4n) is 1.70. The number of hydrazone groups is 1. The predicted molar refractivity (Wildman–Crippen MR) is 86.4 cm³/mol. The summed E-state index contributed by atoms with van der Waals surface area (Å²) in [5.41, 5.74) is 4.41. The first-order valence-electron chi connectivity index (χ1n) is 6.67. The lowest BCUT2D eigenvalue weighted by atomic mass is 10.2. The lowest BCUT2D eigenvalue weighted by molar-refractivity contribution is -0.118. The molecule has 0 unspecified atom stereocenters. The molecule has 0 fully saturated rings. The van der Waals surface area contributed by atoms with Gasteiger partial charge in [-0.05, 0) is 31.5 Å². The molecule has 0 saturated heterocycles. The lowest BCUT2D eigenvalue weighted by Gasteiger charge is -2.02. The van der Waals surface area contributed by atoms with Gasteiger partial charge >= 0.3 is 0 Å². The van der Waals surface area contributed by atoms with Crippen molar-refractivity contribution >= 4 is 23.4 Å². The fourth-order valence-corrected chi connectivity index (χ4v) is 2.48. The fraction of sp³-hybridized carbons (Fsp3) is 0.250. The molecular formula is C16H18N2O2S. The zero-order chi connectivity index (χ0) is 15.1. The number of nitrogens with zero attached hydrogens (tertiary/aromatic N) is 1. The van der Waals surface area contributed by atoms with E-state index in [4.69, 9.17) is 4.42 Å². The van der Waals surface area contributed by atoms with Crippen LogP contribution >= 0.6 is 11.8 Å². The molecule has 1 N–H and O–H groups in total. The predicted octanol–water partition coefficient (Wildman–Crippen LogP) is 3.36. The largest absolute Gasteiger partial charge is 0.460 e. The maximum Gasteiger partial charge on any atom is 0.250 e. The molecule has 0 atom stereocenters. The van der Waals surface area contributed by atoms with Crippen LogP contribution in [0.2, 0.25) is 0 Å². The average molecular weight is 302 g/mol. The van der Waals surface area contributed by atoms with Crippen molar-refractivity contribution in [3.63, 3.8) is 0 Å². The van der Waals surface area contributed by atoms with E-state index in [0.717, 1.165) is 11.5 Å².